The smallest absolute Gasteiger partial charge is 0.205 e. The first-order valence-corrected chi connectivity index (χ1v) is 7.39. The maximum Gasteiger partial charge on any atom is 0.205 e. The summed E-state index contributed by atoms with van der Waals surface area (Å²) in [6.07, 6.45) is 0.974. The average molecular weight is 293 g/mol. The molecule has 0 saturated carbocycles. The molecule has 0 aliphatic rings. The molecule has 2 aromatic rings. The third-order valence-electron chi connectivity index (χ3n) is 2.72. The van der Waals surface area contributed by atoms with E-state index in [0.717, 1.165) is 18.4 Å². The molecule has 102 valence electrons. The summed E-state index contributed by atoms with van der Waals surface area (Å²) < 4.78 is 49.8. The summed E-state index contributed by atoms with van der Waals surface area (Å²) >= 11 is 0. The van der Waals surface area contributed by atoms with Crippen LogP contribution in [0.4, 0.5) is 14.5 Å². The lowest BCUT2D eigenvalue weighted by molar-refractivity contribution is 0.585. The molecule has 0 amide bonds. The topological polar surface area (TPSA) is 38.5 Å². The van der Waals surface area contributed by atoms with Gasteiger partial charge in [0.25, 0.3) is 0 Å². The molecule has 0 aliphatic heterocycles. The zero-order chi connectivity index (χ0) is 14.9. The second-order valence-electron chi connectivity index (χ2n) is 4.19. The molecule has 0 aliphatic carbocycles. The Morgan fingerprint density at radius 2 is 1.80 bits per heavy atom. The fourth-order valence-electron chi connectivity index (χ4n) is 1.79. The Morgan fingerprint density at radius 3 is 2.35 bits per heavy atom. The van der Waals surface area contributed by atoms with Crippen LogP contribution in [0.25, 0.3) is 16.0 Å². The second-order valence-corrected chi connectivity index (χ2v) is 6.17. The summed E-state index contributed by atoms with van der Waals surface area (Å²) in [6, 6.07) is 6.99. The van der Waals surface area contributed by atoms with Crippen LogP contribution in [0.3, 0.4) is 0 Å². The van der Waals surface area contributed by atoms with Gasteiger partial charge in [-0.1, -0.05) is 12.1 Å². The molecule has 0 N–H and O–H groups in total. The fraction of sp³-hybridized carbons (Fsp3) is 0.0714. The van der Waals surface area contributed by atoms with E-state index < -0.39 is 21.5 Å². The normalized spacial score (nSPS) is 11.1. The van der Waals surface area contributed by atoms with E-state index in [4.69, 9.17) is 6.57 Å². The second kappa shape index (κ2) is 5.02. The summed E-state index contributed by atoms with van der Waals surface area (Å²) in [7, 11) is -3.61. The Bertz CT molecular complexity index is 824. The summed E-state index contributed by atoms with van der Waals surface area (Å²) in [5, 5.41) is 0. The van der Waals surface area contributed by atoms with E-state index in [1.807, 2.05) is 0 Å². The largest absolute Gasteiger partial charge is 0.237 e. The maximum atomic E-state index is 13.7. The van der Waals surface area contributed by atoms with Crippen molar-refractivity contribution < 1.29 is 17.2 Å². The Morgan fingerprint density at radius 1 is 1.10 bits per heavy atom. The minimum atomic E-state index is -3.61. The van der Waals surface area contributed by atoms with Crippen molar-refractivity contribution in [2.75, 3.05) is 6.26 Å². The lowest BCUT2D eigenvalue weighted by atomic mass is 10.0. The molecule has 0 saturated heterocycles. The van der Waals surface area contributed by atoms with Gasteiger partial charge >= 0.3 is 0 Å². The van der Waals surface area contributed by atoms with Gasteiger partial charge in [-0.05, 0) is 23.8 Å². The third kappa shape index (κ3) is 2.68. The highest BCUT2D eigenvalue weighted by atomic mass is 32.2. The van der Waals surface area contributed by atoms with E-state index in [1.165, 1.54) is 24.3 Å². The van der Waals surface area contributed by atoms with Crippen molar-refractivity contribution in [3.8, 4) is 11.1 Å². The summed E-state index contributed by atoms with van der Waals surface area (Å²) in [5.41, 5.74) is 0.321. The minimum Gasteiger partial charge on any atom is -0.237 e. The van der Waals surface area contributed by atoms with E-state index in [-0.39, 0.29) is 21.7 Å². The van der Waals surface area contributed by atoms with Crippen LogP contribution in [0.15, 0.2) is 41.3 Å². The molecule has 0 atom stereocenters. The highest BCUT2D eigenvalue weighted by molar-refractivity contribution is 7.90. The molecule has 0 radical (unpaired) electrons. The van der Waals surface area contributed by atoms with Gasteiger partial charge in [-0.3, -0.25) is 0 Å². The number of sulfone groups is 1. The number of rotatable bonds is 2. The van der Waals surface area contributed by atoms with Crippen LogP contribution in [0.2, 0.25) is 0 Å². The molecule has 2 rings (SSSR count). The first-order valence-electron chi connectivity index (χ1n) is 5.50. The molecule has 0 aromatic heterocycles. The molecule has 0 spiro atoms. The summed E-state index contributed by atoms with van der Waals surface area (Å²) in [5.74, 6) is -1.51. The zero-order valence-electron chi connectivity index (χ0n) is 10.4. The van der Waals surface area contributed by atoms with E-state index in [2.05, 4.69) is 4.85 Å². The van der Waals surface area contributed by atoms with Crippen molar-refractivity contribution in [2.24, 2.45) is 0 Å². The molecule has 2 aromatic carbocycles. The van der Waals surface area contributed by atoms with E-state index in [9.17, 15) is 17.2 Å². The van der Waals surface area contributed by atoms with Crippen molar-refractivity contribution >= 4 is 15.5 Å². The molecule has 0 heterocycles. The van der Waals surface area contributed by atoms with Crippen molar-refractivity contribution in [3.63, 3.8) is 0 Å². The number of halogens is 2. The van der Waals surface area contributed by atoms with E-state index in [1.54, 1.807) is 0 Å². The van der Waals surface area contributed by atoms with Gasteiger partial charge in [-0.25, -0.2) is 22.0 Å². The third-order valence-corrected chi connectivity index (χ3v) is 3.85. The average Bonchev–Trinajstić information content (AvgIpc) is 2.37. The lowest BCUT2D eigenvalue weighted by Gasteiger charge is -2.07. The first-order chi connectivity index (χ1) is 9.32. The van der Waals surface area contributed by atoms with Crippen LogP contribution < -0.4 is 0 Å². The number of nitrogens with zero attached hydrogens (tertiary/aromatic N) is 1. The van der Waals surface area contributed by atoms with Crippen molar-refractivity contribution in [1.82, 2.24) is 0 Å². The summed E-state index contributed by atoms with van der Waals surface area (Å²) in [6.45, 7) is 6.95. The van der Waals surface area contributed by atoms with Gasteiger partial charge in [0.1, 0.15) is 11.6 Å². The lowest BCUT2D eigenvalue weighted by Crippen LogP contribution is -1.98. The molecule has 20 heavy (non-hydrogen) atoms. The molecular weight excluding hydrogens is 284 g/mol. The molecule has 3 nitrogen and oxygen atoms in total. The van der Waals surface area contributed by atoms with Crippen LogP contribution in [-0.2, 0) is 9.84 Å². The van der Waals surface area contributed by atoms with Gasteiger partial charge < -0.3 is 0 Å². The Kier molecular flexibility index (Phi) is 3.55. The Balaban J connectivity index is 2.69. The van der Waals surface area contributed by atoms with Crippen LogP contribution in [0.5, 0.6) is 0 Å². The van der Waals surface area contributed by atoms with Crippen molar-refractivity contribution in [2.45, 2.75) is 4.90 Å². The monoisotopic (exact) mass is 293 g/mol. The van der Waals surface area contributed by atoms with Gasteiger partial charge in [0.05, 0.1) is 11.5 Å². The van der Waals surface area contributed by atoms with Crippen LogP contribution in [-0.4, -0.2) is 14.7 Å². The van der Waals surface area contributed by atoms with Crippen molar-refractivity contribution in [1.29, 1.82) is 0 Å². The summed E-state index contributed by atoms with van der Waals surface area (Å²) in [4.78, 5) is 2.95. The van der Waals surface area contributed by atoms with E-state index in [0.29, 0.717) is 0 Å². The van der Waals surface area contributed by atoms with E-state index >= 15 is 0 Å². The highest BCUT2D eigenvalue weighted by Gasteiger charge is 2.16. The SMILES string of the molecule is [C-]#[N+]c1ccc(-c2ccc(F)cc2F)cc1S(C)(=O)=O. The van der Waals surface area contributed by atoms with Crippen LogP contribution in [0, 0.1) is 18.2 Å². The number of benzene rings is 2. The molecular formula is C14H9F2NO2S. The van der Waals surface area contributed by atoms with Gasteiger partial charge in [0.15, 0.2) is 9.84 Å². The first kappa shape index (κ1) is 14.2. The van der Waals surface area contributed by atoms with Gasteiger partial charge in [-0.15, -0.1) is 0 Å². The zero-order valence-corrected chi connectivity index (χ0v) is 11.2. The quantitative estimate of drug-likeness (QED) is 0.794. The highest BCUT2D eigenvalue weighted by Crippen LogP contribution is 2.31. The van der Waals surface area contributed by atoms with Crippen LogP contribution in [0.1, 0.15) is 0 Å². The van der Waals surface area contributed by atoms with Gasteiger partial charge in [-0.2, -0.15) is 0 Å². The number of hydrogen-bond donors (Lipinski definition) is 0. The molecule has 0 fully saturated rings. The molecule has 6 heteroatoms. The predicted molar refractivity (Wildman–Crippen MR) is 71.2 cm³/mol. The molecule has 0 unspecified atom stereocenters. The van der Waals surface area contributed by atoms with Gasteiger partial charge in [0.2, 0.25) is 5.69 Å². The Labute approximate surface area is 115 Å². The fourth-order valence-corrected chi connectivity index (χ4v) is 2.63. The molecule has 0 bridgehead atoms. The Hall–Kier alpha value is -2.26. The number of hydrogen-bond acceptors (Lipinski definition) is 2. The predicted octanol–water partition coefficient (Wildman–Crippen LogP) is 3.59. The minimum absolute atomic E-state index is 0.0289. The van der Waals surface area contributed by atoms with Crippen LogP contribution >= 0.6 is 0 Å². The van der Waals surface area contributed by atoms with Gasteiger partial charge in [0, 0.05) is 17.9 Å². The standard InChI is InChI=1S/C14H9F2NO2S/c1-17-13-6-3-9(7-14(13)20(2,18)19)11-5-4-10(15)8-12(11)16/h3-8H,2H3. The van der Waals surface area contributed by atoms with Crippen molar-refractivity contribution in [3.05, 3.63) is 59.4 Å². The maximum absolute atomic E-state index is 13.7.